The summed E-state index contributed by atoms with van der Waals surface area (Å²) >= 11 is 0. The molecule has 31 heavy (non-hydrogen) atoms. The van der Waals surface area contributed by atoms with E-state index in [4.69, 9.17) is 13.3 Å². The molecule has 0 amide bonds. The number of fused-ring (bicyclic) bond motifs is 3. The highest BCUT2D eigenvalue weighted by Crippen LogP contribution is 2.25. The molecule has 0 saturated carbocycles. The van der Waals surface area contributed by atoms with E-state index in [9.17, 15) is 0 Å². The quantitative estimate of drug-likeness (QED) is 0.368. The summed E-state index contributed by atoms with van der Waals surface area (Å²) in [6.07, 6.45) is 10.6. The molecule has 0 aliphatic heterocycles. The molecule has 6 aromatic heterocycles. The summed E-state index contributed by atoms with van der Waals surface area (Å²) in [4.78, 5) is 14.7. The van der Waals surface area contributed by atoms with Gasteiger partial charge in [0.25, 0.3) is 0 Å². The number of pyridine rings is 3. The lowest BCUT2D eigenvalue weighted by molar-refractivity contribution is 0.199. The first-order chi connectivity index (χ1) is 15.3. The molecule has 0 spiro atoms. The molecule has 0 N–H and O–H groups in total. The molecule has 6 aromatic rings. The van der Waals surface area contributed by atoms with E-state index in [-0.39, 0.29) is 0 Å². The van der Waals surface area contributed by atoms with Crippen LogP contribution in [0.15, 0.2) is 86.8 Å². The van der Waals surface area contributed by atoms with Crippen molar-refractivity contribution in [3.8, 4) is 0 Å². The van der Waals surface area contributed by atoms with E-state index in [1.165, 1.54) is 0 Å². The maximum Gasteiger partial charge on any atom is 0.137 e. The normalized spacial score (nSPS) is 11.9. The van der Waals surface area contributed by atoms with Gasteiger partial charge in [-0.05, 0) is 36.4 Å². The van der Waals surface area contributed by atoms with Crippen molar-refractivity contribution < 1.29 is 13.3 Å². The Morgan fingerprint density at radius 3 is 1.23 bits per heavy atom. The topological polar surface area (TPSA) is 81.3 Å². The Morgan fingerprint density at radius 2 is 0.903 bits per heavy atom. The van der Waals surface area contributed by atoms with Gasteiger partial charge < -0.3 is 13.3 Å². The lowest BCUT2D eigenvalue weighted by Gasteiger charge is -2.18. The molecule has 7 nitrogen and oxygen atoms in total. The molecule has 0 aliphatic rings. The molecule has 0 bridgehead atoms. The number of nitrogens with zero attached hydrogens (tertiary/aromatic N) is 4. The second-order valence-electron chi connectivity index (χ2n) is 7.52. The SMILES string of the molecule is c1cc2oc(CN(Cc3cc4cnccc4o3)Cc3cc4cnccc4o3)cc2cn1. The Morgan fingerprint density at radius 1 is 0.548 bits per heavy atom. The summed E-state index contributed by atoms with van der Waals surface area (Å²) < 4.78 is 18.1. The third-order valence-electron chi connectivity index (χ3n) is 5.24. The van der Waals surface area contributed by atoms with Crippen LogP contribution in [0.5, 0.6) is 0 Å². The predicted molar refractivity (Wildman–Crippen MR) is 115 cm³/mol. The third-order valence-corrected chi connectivity index (χ3v) is 5.24. The van der Waals surface area contributed by atoms with Crippen molar-refractivity contribution in [2.24, 2.45) is 0 Å². The van der Waals surface area contributed by atoms with Gasteiger partial charge in [0.2, 0.25) is 0 Å². The summed E-state index contributed by atoms with van der Waals surface area (Å²) in [5, 5.41) is 2.96. The predicted octanol–water partition coefficient (Wildman–Crippen LogP) is 5.31. The van der Waals surface area contributed by atoms with Gasteiger partial charge in [-0.2, -0.15) is 0 Å². The Labute approximate surface area is 176 Å². The summed E-state index contributed by atoms with van der Waals surface area (Å²) in [5.74, 6) is 2.58. The largest absolute Gasteiger partial charge is 0.460 e. The second-order valence-corrected chi connectivity index (χ2v) is 7.52. The molecule has 0 unspecified atom stereocenters. The lowest BCUT2D eigenvalue weighted by atomic mass is 10.2. The van der Waals surface area contributed by atoms with Crippen LogP contribution in [0.3, 0.4) is 0 Å². The molecular weight excluding hydrogens is 392 g/mol. The Balaban J connectivity index is 1.32. The maximum absolute atomic E-state index is 6.03. The minimum Gasteiger partial charge on any atom is -0.460 e. The molecule has 0 fully saturated rings. The first-order valence-corrected chi connectivity index (χ1v) is 10.00. The van der Waals surface area contributed by atoms with E-state index < -0.39 is 0 Å². The van der Waals surface area contributed by atoms with E-state index in [0.717, 1.165) is 50.2 Å². The molecule has 0 radical (unpaired) electrons. The summed E-state index contributed by atoms with van der Waals surface area (Å²) in [7, 11) is 0. The number of hydrogen-bond donors (Lipinski definition) is 0. The van der Waals surface area contributed by atoms with E-state index in [2.05, 4.69) is 19.9 Å². The highest BCUT2D eigenvalue weighted by atomic mass is 16.3. The summed E-state index contributed by atoms with van der Waals surface area (Å²) in [5.41, 5.74) is 2.48. The van der Waals surface area contributed by atoms with Crippen LogP contribution in [0.25, 0.3) is 32.9 Å². The van der Waals surface area contributed by atoms with E-state index in [1.807, 2.05) is 55.0 Å². The molecule has 7 heteroatoms. The number of rotatable bonds is 6. The van der Waals surface area contributed by atoms with Crippen molar-refractivity contribution in [3.05, 3.63) is 90.9 Å². The van der Waals surface area contributed by atoms with Crippen molar-refractivity contribution >= 4 is 32.9 Å². The molecule has 6 heterocycles. The van der Waals surface area contributed by atoms with Crippen LogP contribution in [0.1, 0.15) is 17.3 Å². The van der Waals surface area contributed by atoms with Crippen molar-refractivity contribution in [3.63, 3.8) is 0 Å². The van der Waals surface area contributed by atoms with Crippen molar-refractivity contribution in [1.82, 2.24) is 19.9 Å². The molecule has 0 aromatic carbocycles. The number of hydrogen-bond acceptors (Lipinski definition) is 7. The Bertz CT molecular complexity index is 1220. The van der Waals surface area contributed by atoms with Crippen LogP contribution in [-0.2, 0) is 19.6 Å². The summed E-state index contributed by atoms with van der Waals surface area (Å²) in [6.45, 7) is 1.79. The zero-order chi connectivity index (χ0) is 20.6. The van der Waals surface area contributed by atoms with E-state index in [1.54, 1.807) is 18.6 Å². The molecular formula is C24H18N4O3. The zero-order valence-electron chi connectivity index (χ0n) is 16.6. The van der Waals surface area contributed by atoms with Gasteiger partial charge in [-0.15, -0.1) is 0 Å². The van der Waals surface area contributed by atoms with Crippen LogP contribution >= 0.6 is 0 Å². The van der Waals surface area contributed by atoms with Gasteiger partial charge >= 0.3 is 0 Å². The minimum absolute atomic E-state index is 0.596. The monoisotopic (exact) mass is 410 g/mol. The Hall–Kier alpha value is -3.97. The first kappa shape index (κ1) is 17.9. The fraction of sp³-hybridized carbons (Fsp3) is 0.125. The van der Waals surface area contributed by atoms with E-state index >= 15 is 0 Å². The van der Waals surface area contributed by atoms with E-state index in [0.29, 0.717) is 19.6 Å². The first-order valence-electron chi connectivity index (χ1n) is 10.00. The third kappa shape index (κ3) is 3.55. The maximum atomic E-state index is 6.03. The standard InChI is InChI=1S/C24H18N4O3/c1-4-25-10-16-7-19(29-22(1)16)13-28(14-20-8-17-11-26-5-2-23(17)30-20)15-21-9-18-12-27-6-3-24(18)31-21/h1-12H,13-15H2. The fourth-order valence-corrected chi connectivity index (χ4v) is 3.88. The smallest absolute Gasteiger partial charge is 0.137 e. The van der Waals surface area contributed by atoms with Crippen LogP contribution in [0.2, 0.25) is 0 Å². The van der Waals surface area contributed by atoms with Crippen LogP contribution < -0.4 is 0 Å². The molecule has 0 aliphatic carbocycles. The fourth-order valence-electron chi connectivity index (χ4n) is 3.88. The van der Waals surface area contributed by atoms with Gasteiger partial charge in [0.05, 0.1) is 19.6 Å². The van der Waals surface area contributed by atoms with Crippen LogP contribution in [0, 0.1) is 0 Å². The van der Waals surface area contributed by atoms with Gasteiger partial charge in [-0.3, -0.25) is 19.9 Å². The van der Waals surface area contributed by atoms with Gasteiger partial charge in [0.1, 0.15) is 34.0 Å². The molecule has 0 atom stereocenters. The number of furan rings is 3. The van der Waals surface area contributed by atoms with Crippen molar-refractivity contribution in [1.29, 1.82) is 0 Å². The van der Waals surface area contributed by atoms with Gasteiger partial charge in [0, 0.05) is 53.3 Å². The van der Waals surface area contributed by atoms with Crippen molar-refractivity contribution in [2.75, 3.05) is 0 Å². The summed E-state index contributed by atoms with van der Waals surface area (Å²) in [6, 6.07) is 11.7. The number of aromatic nitrogens is 3. The van der Waals surface area contributed by atoms with Crippen LogP contribution in [0.4, 0.5) is 0 Å². The van der Waals surface area contributed by atoms with Crippen molar-refractivity contribution in [2.45, 2.75) is 19.6 Å². The highest BCUT2D eigenvalue weighted by molar-refractivity contribution is 5.77. The Kier molecular flexibility index (Phi) is 4.25. The average molecular weight is 410 g/mol. The van der Waals surface area contributed by atoms with Gasteiger partial charge in [0.15, 0.2) is 0 Å². The molecule has 6 rings (SSSR count). The van der Waals surface area contributed by atoms with Gasteiger partial charge in [-0.25, -0.2) is 0 Å². The van der Waals surface area contributed by atoms with Gasteiger partial charge in [-0.1, -0.05) is 0 Å². The lowest BCUT2D eigenvalue weighted by Crippen LogP contribution is -2.21. The zero-order valence-corrected chi connectivity index (χ0v) is 16.6. The highest BCUT2D eigenvalue weighted by Gasteiger charge is 2.16. The average Bonchev–Trinajstić information content (AvgIpc) is 3.48. The molecule has 0 saturated heterocycles. The second kappa shape index (κ2) is 7.37. The minimum atomic E-state index is 0.596. The van der Waals surface area contributed by atoms with Crippen LogP contribution in [-0.4, -0.2) is 19.9 Å². The molecule has 152 valence electrons.